The number of amides is 2. The lowest BCUT2D eigenvalue weighted by atomic mass is 10.1. The maximum absolute atomic E-state index is 12.1. The van der Waals surface area contributed by atoms with Gasteiger partial charge in [0.05, 0.1) is 10.8 Å². The van der Waals surface area contributed by atoms with Crippen molar-refractivity contribution in [3.05, 3.63) is 29.8 Å². The lowest BCUT2D eigenvalue weighted by Crippen LogP contribution is -2.34. The van der Waals surface area contributed by atoms with Gasteiger partial charge < -0.3 is 15.0 Å². The molecule has 0 radical (unpaired) electrons. The Balaban J connectivity index is 1.81. The van der Waals surface area contributed by atoms with Gasteiger partial charge in [-0.05, 0) is 30.5 Å². The molecule has 1 fully saturated rings. The predicted octanol–water partition coefficient (Wildman–Crippen LogP) is -0.122. The van der Waals surface area contributed by atoms with Crippen LogP contribution in [-0.2, 0) is 30.8 Å². The van der Waals surface area contributed by atoms with Gasteiger partial charge in [0.2, 0.25) is 21.8 Å². The third kappa shape index (κ3) is 5.79. The zero-order chi connectivity index (χ0) is 19.2. The third-order valence-electron chi connectivity index (χ3n) is 4.33. The number of hydrogen-bond acceptors (Lipinski definition) is 5. The fourth-order valence-electron chi connectivity index (χ4n) is 2.85. The molecule has 0 bridgehead atoms. The summed E-state index contributed by atoms with van der Waals surface area (Å²) in [5.41, 5.74) is 0.901. The number of likely N-dealkylation sites (tertiary alicyclic amines) is 1. The molecule has 26 heavy (non-hydrogen) atoms. The van der Waals surface area contributed by atoms with E-state index in [1.807, 2.05) is 0 Å². The van der Waals surface area contributed by atoms with E-state index in [9.17, 15) is 18.0 Å². The van der Waals surface area contributed by atoms with Gasteiger partial charge in [0.25, 0.3) is 0 Å². The molecule has 2 amide bonds. The second kappa shape index (κ2) is 9.11. The minimum atomic E-state index is -3.70. The summed E-state index contributed by atoms with van der Waals surface area (Å²) in [5, 5.41) is 7.90. The van der Waals surface area contributed by atoms with Gasteiger partial charge >= 0.3 is 0 Å². The van der Waals surface area contributed by atoms with Crippen molar-refractivity contribution >= 4 is 21.8 Å². The van der Waals surface area contributed by atoms with E-state index in [1.165, 1.54) is 12.1 Å². The molecule has 1 aromatic carbocycles. The Bertz CT molecular complexity index is 733. The molecular weight excluding hydrogens is 358 g/mol. The molecule has 2 rings (SSSR count). The molecule has 1 aromatic rings. The first-order valence-corrected chi connectivity index (χ1v) is 10.0. The molecule has 8 nitrogen and oxygen atoms in total. The number of hydrogen-bond donors (Lipinski definition) is 2. The standard InChI is InChI=1S/C17H25N3O5S/c1-25-10-2-8-19-17(22)14-11-16(21)20(12-14)9-7-13-3-5-15(6-4-13)26(18,23)24/h3-6,14H,2,7-12H2,1H3,(H,19,22)(H2,18,23,24). The molecule has 1 unspecified atom stereocenters. The maximum atomic E-state index is 12.1. The van der Waals surface area contributed by atoms with Gasteiger partial charge in [0, 0.05) is 39.8 Å². The normalized spacial score (nSPS) is 17.5. The number of carbonyl (C=O) groups is 2. The van der Waals surface area contributed by atoms with E-state index in [-0.39, 0.29) is 29.0 Å². The highest BCUT2D eigenvalue weighted by molar-refractivity contribution is 7.89. The lowest BCUT2D eigenvalue weighted by Gasteiger charge is -2.16. The van der Waals surface area contributed by atoms with Crippen molar-refractivity contribution in [2.24, 2.45) is 11.1 Å². The number of primary sulfonamides is 1. The van der Waals surface area contributed by atoms with Crippen LogP contribution in [0.1, 0.15) is 18.4 Å². The fourth-order valence-corrected chi connectivity index (χ4v) is 3.36. The van der Waals surface area contributed by atoms with Crippen LogP contribution in [0.4, 0.5) is 0 Å². The molecule has 9 heteroatoms. The minimum absolute atomic E-state index is 0.0387. The van der Waals surface area contributed by atoms with E-state index in [0.29, 0.717) is 32.7 Å². The Labute approximate surface area is 153 Å². The summed E-state index contributed by atoms with van der Waals surface area (Å²) in [6.07, 6.45) is 1.54. The van der Waals surface area contributed by atoms with Crippen molar-refractivity contribution in [3.8, 4) is 0 Å². The Morgan fingerprint density at radius 1 is 1.35 bits per heavy atom. The van der Waals surface area contributed by atoms with Gasteiger partial charge in [-0.25, -0.2) is 13.6 Å². The summed E-state index contributed by atoms with van der Waals surface area (Å²) in [6.45, 7) is 2.01. The number of nitrogens with zero attached hydrogens (tertiary/aromatic N) is 1. The zero-order valence-electron chi connectivity index (χ0n) is 14.8. The average molecular weight is 383 g/mol. The predicted molar refractivity (Wildman–Crippen MR) is 95.7 cm³/mol. The van der Waals surface area contributed by atoms with E-state index in [0.717, 1.165) is 12.0 Å². The fraction of sp³-hybridized carbons (Fsp3) is 0.529. The van der Waals surface area contributed by atoms with Crippen LogP contribution in [0.5, 0.6) is 0 Å². The maximum Gasteiger partial charge on any atom is 0.238 e. The minimum Gasteiger partial charge on any atom is -0.385 e. The number of nitrogens with two attached hydrogens (primary N) is 1. The topological polar surface area (TPSA) is 119 Å². The van der Waals surface area contributed by atoms with Crippen molar-refractivity contribution in [2.45, 2.75) is 24.2 Å². The smallest absolute Gasteiger partial charge is 0.238 e. The summed E-state index contributed by atoms with van der Waals surface area (Å²) in [7, 11) is -2.10. The molecular formula is C17H25N3O5S. The van der Waals surface area contributed by atoms with Crippen LogP contribution in [0.25, 0.3) is 0 Å². The molecule has 144 valence electrons. The number of methoxy groups -OCH3 is 1. The van der Waals surface area contributed by atoms with Gasteiger partial charge in [-0.1, -0.05) is 12.1 Å². The number of nitrogens with one attached hydrogen (secondary N) is 1. The molecule has 0 saturated carbocycles. The highest BCUT2D eigenvalue weighted by Crippen LogP contribution is 2.19. The Kier molecular flexibility index (Phi) is 7.13. The quantitative estimate of drug-likeness (QED) is 0.576. The second-order valence-electron chi connectivity index (χ2n) is 6.32. The molecule has 1 saturated heterocycles. The van der Waals surface area contributed by atoms with Crippen molar-refractivity contribution in [1.29, 1.82) is 0 Å². The van der Waals surface area contributed by atoms with Crippen molar-refractivity contribution in [2.75, 3.05) is 33.4 Å². The molecule has 1 aliphatic heterocycles. The first-order chi connectivity index (χ1) is 12.3. The van der Waals surface area contributed by atoms with Crippen LogP contribution in [0, 0.1) is 5.92 Å². The molecule has 0 aliphatic carbocycles. The summed E-state index contributed by atoms with van der Waals surface area (Å²) >= 11 is 0. The number of carbonyl (C=O) groups excluding carboxylic acids is 2. The molecule has 1 aliphatic rings. The van der Waals surface area contributed by atoms with Gasteiger partial charge in [-0.15, -0.1) is 0 Å². The number of sulfonamides is 1. The monoisotopic (exact) mass is 383 g/mol. The van der Waals surface area contributed by atoms with Crippen LogP contribution in [-0.4, -0.2) is 58.5 Å². The van der Waals surface area contributed by atoms with Crippen LogP contribution >= 0.6 is 0 Å². The van der Waals surface area contributed by atoms with Crippen LogP contribution < -0.4 is 10.5 Å². The Morgan fingerprint density at radius 2 is 2.04 bits per heavy atom. The summed E-state index contributed by atoms with van der Waals surface area (Å²) < 4.78 is 27.4. The van der Waals surface area contributed by atoms with E-state index in [4.69, 9.17) is 9.88 Å². The second-order valence-corrected chi connectivity index (χ2v) is 7.88. The van der Waals surface area contributed by atoms with Gasteiger partial charge in [0.15, 0.2) is 0 Å². The highest BCUT2D eigenvalue weighted by Gasteiger charge is 2.33. The molecule has 0 aromatic heterocycles. The van der Waals surface area contributed by atoms with Gasteiger partial charge in [-0.2, -0.15) is 0 Å². The third-order valence-corrected chi connectivity index (χ3v) is 5.26. The summed E-state index contributed by atoms with van der Waals surface area (Å²) in [5.74, 6) is -0.465. The Hall–Kier alpha value is -1.97. The summed E-state index contributed by atoms with van der Waals surface area (Å²) in [6, 6.07) is 6.26. The summed E-state index contributed by atoms with van der Waals surface area (Å²) in [4.78, 5) is 25.9. The largest absolute Gasteiger partial charge is 0.385 e. The van der Waals surface area contributed by atoms with Crippen LogP contribution in [0.2, 0.25) is 0 Å². The van der Waals surface area contributed by atoms with Crippen LogP contribution in [0.3, 0.4) is 0 Å². The molecule has 1 heterocycles. The highest BCUT2D eigenvalue weighted by atomic mass is 32.2. The van der Waals surface area contributed by atoms with E-state index >= 15 is 0 Å². The SMILES string of the molecule is COCCCNC(=O)C1CC(=O)N(CCc2ccc(S(N)(=O)=O)cc2)C1. The molecule has 1 atom stereocenters. The molecule has 0 spiro atoms. The van der Waals surface area contributed by atoms with Crippen molar-refractivity contribution in [3.63, 3.8) is 0 Å². The number of rotatable bonds is 9. The van der Waals surface area contributed by atoms with Crippen molar-refractivity contribution < 1.29 is 22.7 Å². The zero-order valence-corrected chi connectivity index (χ0v) is 15.6. The lowest BCUT2D eigenvalue weighted by molar-refractivity contribution is -0.129. The molecule has 3 N–H and O–H groups in total. The first kappa shape index (κ1) is 20.3. The van der Waals surface area contributed by atoms with Gasteiger partial charge in [0.1, 0.15) is 0 Å². The number of benzene rings is 1. The van der Waals surface area contributed by atoms with Crippen molar-refractivity contribution in [1.82, 2.24) is 10.2 Å². The van der Waals surface area contributed by atoms with E-state index in [2.05, 4.69) is 5.32 Å². The van der Waals surface area contributed by atoms with Gasteiger partial charge in [-0.3, -0.25) is 9.59 Å². The average Bonchev–Trinajstić information content (AvgIpc) is 2.97. The van der Waals surface area contributed by atoms with Crippen LogP contribution in [0.15, 0.2) is 29.2 Å². The van der Waals surface area contributed by atoms with E-state index in [1.54, 1.807) is 24.1 Å². The Morgan fingerprint density at radius 3 is 2.65 bits per heavy atom. The first-order valence-electron chi connectivity index (χ1n) is 8.47. The van der Waals surface area contributed by atoms with E-state index < -0.39 is 10.0 Å². The number of ether oxygens (including phenoxy) is 1.